The van der Waals surface area contributed by atoms with Gasteiger partial charge in [-0.05, 0) is 17.7 Å². The predicted molar refractivity (Wildman–Crippen MR) is 89.4 cm³/mol. The highest BCUT2D eigenvalue weighted by molar-refractivity contribution is 5.78. The number of ether oxygens (including phenoxy) is 4. The van der Waals surface area contributed by atoms with E-state index in [1.807, 2.05) is 50.2 Å². The number of hydrogen-bond donors (Lipinski definition) is 0. The maximum absolute atomic E-state index is 5.45. The van der Waals surface area contributed by atoms with Crippen molar-refractivity contribution in [3.8, 4) is 34.1 Å². The van der Waals surface area contributed by atoms with Gasteiger partial charge >= 0.3 is 0 Å². The first-order valence-corrected chi connectivity index (χ1v) is 7.18. The summed E-state index contributed by atoms with van der Waals surface area (Å²) in [4.78, 5) is 0. The molecule has 0 aliphatic heterocycles. The van der Waals surface area contributed by atoms with Crippen LogP contribution in [0.15, 0.2) is 36.4 Å². The van der Waals surface area contributed by atoms with Gasteiger partial charge in [0, 0.05) is 12.1 Å². The molecule has 0 fully saturated rings. The number of benzene rings is 2. The van der Waals surface area contributed by atoms with Crippen LogP contribution in [0.5, 0.6) is 23.0 Å². The Hall–Kier alpha value is -2.36. The van der Waals surface area contributed by atoms with Crippen molar-refractivity contribution in [1.82, 2.24) is 0 Å². The van der Waals surface area contributed by atoms with Crippen molar-refractivity contribution in [3.63, 3.8) is 0 Å². The van der Waals surface area contributed by atoms with Gasteiger partial charge in [-0.3, -0.25) is 0 Å². The lowest BCUT2D eigenvalue weighted by Gasteiger charge is -2.15. The molecule has 2 aromatic rings. The van der Waals surface area contributed by atoms with E-state index in [1.54, 1.807) is 28.4 Å². The lowest BCUT2D eigenvalue weighted by molar-refractivity contribution is 0.377. The van der Waals surface area contributed by atoms with Gasteiger partial charge in [0.05, 0.1) is 34.0 Å². The van der Waals surface area contributed by atoms with Crippen molar-refractivity contribution in [1.29, 1.82) is 0 Å². The lowest BCUT2D eigenvalue weighted by Crippen LogP contribution is -1.95. The summed E-state index contributed by atoms with van der Waals surface area (Å²) in [6, 6.07) is 11.4. The third-order valence-electron chi connectivity index (χ3n) is 3.09. The second-order valence-electron chi connectivity index (χ2n) is 4.14. The van der Waals surface area contributed by atoms with Crippen LogP contribution in [0.2, 0.25) is 0 Å². The Morgan fingerprint density at radius 2 is 1.05 bits per heavy atom. The molecule has 120 valence electrons. The fraction of sp³-hybridized carbons (Fsp3) is 0.333. The molecule has 0 aromatic heterocycles. The minimum atomic E-state index is 0.691. The number of methoxy groups -OCH3 is 4. The zero-order chi connectivity index (χ0) is 16.5. The van der Waals surface area contributed by atoms with E-state index < -0.39 is 0 Å². The molecule has 0 unspecified atom stereocenters. The Bertz CT molecular complexity index is 551. The van der Waals surface area contributed by atoms with Crippen LogP contribution in [0.25, 0.3) is 11.1 Å². The highest BCUT2D eigenvalue weighted by atomic mass is 16.5. The van der Waals surface area contributed by atoms with Gasteiger partial charge in [-0.1, -0.05) is 26.0 Å². The van der Waals surface area contributed by atoms with Gasteiger partial charge in [0.2, 0.25) is 0 Å². The molecule has 4 nitrogen and oxygen atoms in total. The topological polar surface area (TPSA) is 36.9 Å². The fourth-order valence-electron chi connectivity index (χ4n) is 2.05. The smallest absolute Gasteiger partial charge is 0.134 e. The first-order chi connectivity index (χ1) is 10.7. The summed E-state index contributed by atoms with van der Waals surface area (Å²) in [5, 5.41) is 0. The summed E-state index contributed by atoms with van der Waals surface area (Å²) in [7, 11) is 6.51. The van der Waals surface area contributed by atoms with Gasteiger partial charge in [0.15, 0.2) is 0 Å². The SMILES string of the molecule is CC.COc1ccc(-c2c(OC)cc(OC)cc2OC)cc1. The quantitative estimate of drug-likeness (QED) is 0.819. The summed E-state index contributed by atoms with van der Waals surface area (Å²) >= 11 is 0. The van der Waals surface area contributed by atoms with E-state index >= 15 is 0 Å². The molecule has 0 amide bonds. The monoisotopic (exact) mass is 304 g/mol. The molecule has 0 aliphatic rings. The lowest BCUT2D eigenvalue weighted by atomic mass is 10.0. The highest BCUT2D eigenvalue weighted by Gasteiger charge is 2.15. The fourth-order valence-corrected chi connectivity index (χ4v) is 2.05. The Kier molecular flexibility index (Phi) is 7.09. The van der Waals surface area contributed by atoms with Gasteiger partial charge in [-0.2, -0.15) is 0 Å². The van der Waals surface area contributed by atoms with Crippen molar-refractivity contribution in [3.05, 3.63) is 36.4 Å². The van der Waals surface area contributed by atoms with E-state index in [4.69, 9.17) is 18.9 Å². The molecule has 0 atom stereocenters. The second-order valence-corrected chi connectivity index (χ2v) is 4.14. The molecule has 0 heterocycles. The average molecular weight is 304 g/mol. The van der Waals surface area contributed by atoms with Crippen LogP contribution in [-0.4, -0.2) is 28.4 Å². The van der Waals surface area contributed by atoms with E-state index in [0.29, 0.717) is 17.2 Å². The summed E-state index contributed by atoms with van der Waals surface area (Å²) in [5.74, 6) is 2.90. The zero-order valence-corrected chi connectivity index (χ0v) is 14.1. The Morgan fingerprint density at radius 1 is 0.591 bits per heavy atom. The van der Waals surface area contributed by atoms with Crippen molar-refractivity contribution in [2.24, 2.45) is 0 Å². The Morgan fingerprint density at radius 3 is 1.41 bits per heavy atom. The van der Waals surface area contributed by atoms with Crippen LogP contribution < -0.4 is 18.9 Å². The Balaban J connectivity index is 0.00000116. The molecule has 0 spiro atoms. The van der Waals surface area contributed by atoms with Crippen LogP contribution in [0.3, 0.4) is 0 Å². The first kappa shape index (κ1) is 17.7. The van der Waals surface area contributed by atoms with Crippen LogP contribution in [0, 0.1) is 0 Å². The summed E-state index contributed by atoms with van der Waals surface area (Å²) < 4.78 is 21.3. The normalized spacial score (nSPS) is 9.36. The molecule has 2 aromatic carbocycles. The van der Waals surface area contributed by atoms with Gasteiger partial charge < -0.3 is 18.9 Å². The van der Waals surface area contributed by atoms with Crippen molar-refractivity contribution in [2.75, 3.05) is 28.4 Å². The standard InChI is InChI=1S/C16H18O4.C2H6/c1-17-12-7-5-11(6-8-12)16-14(19-3)9-13(18-2)10-15(16)20-4;1-2/h5-10H,1-4H3;1-2H3. The second kappa shape index (κ2) is 8.82. The van der Waals surface area contributed by atoms with Crippen molar-refractivity contribution < 1.29 is 18.9 Å². The summed E-state index contributed by atoms with van der Waals surface area (Å²) in [5.41, 5.74) is 1.88. The molecule has 0 bridgehead atoms. The number of hydrogen-bond acceptors (Lipinski definition) is 4. The largest absolute Gasteiger partial charge is 0.497 e. The van der Waals surface area contributed by atoms with Crippen molar-refractivity contribution >= 4 is 0 Å². The van der Waals surface area contributed by atoms with Gasteiger partial charge in [0.1, 0.15) is 23.0 Å². The van der Waals surface area contributed by atoms with Gasteiger partial charge in [-0.15, -0.1) is 0 Å². The third kappa shape index (κ3) is 3.85. The van der Waals surface area contributed by atoms with E-state index in [1.165, 1.54) is 0 Å². The molecule has 0 saturated carbocycles. The van der Waals surface area contributed by atoms with Crippen LogP contribution in [0.1, 0.15) is 13.8 Å². The summed E-state index contributed by atoms with van der Waals surface area (Å²) in [6.07, 6.45) is 0. The summed E-state index contributed by atoms with van der Waals surface area (Å²) in [6.45, 7) is 4.00. The maximum atomic E-state index is 5.45. The van der Waals surface area contributed by atoms with E-state index in [9.17, 15) is 0 Å². The molecular formula is C18H24O4. The van der Waals surface area contributed by atoms with E-state index in [-0.39, 0.29) is 0 Å². The molecule has 2 rings (SSSR count). The number of rotatable bonds is 5. The predicted octanol–water partition coefficient (Wildman–Crippen LogP) is 4.41. The molecule has 0 N–H and O–H groups in total. The molecule has 0 saturated heterocycles. The third-order valence-corrected chi connectivity index (χ3v) is 3.09. The Labute approximate surface area is 132 Å². The maximum Gasteiger partial charge on any atom is 0.134 e. The van der Waals surface area contributed by atoms with E-state index in [2.05, 4.69) is 0 Å². The highest BCUT2D eigenvalue weighted by Crippen LogP contribution is 2.42. The van der Waals surface area contributed by atoms with E-state index in [0.717, 1.165) is 16.9 Å². The molecule has 22 heavy (non-hydrogen) atoms. The van der Waals surface area contributed by atoms with Gasteiger partial charge in [0.25, 0.3) is 0 Å². The van der Waals surface area contributed by atoms with Gasteiger partial charge in [-0.25, -0.2) is 0 Å². The molecule has 0 aliphatic carbocycles. The molecule has 0 radical (unpaired) electrons. The zero-order valence-electron chi connectivity index (χ0n) is 14.1. The van der Waals surface area contributed by atoms with Crippen LogP contribution in [-0.2, 0) is 0 Å². The average Bonchev–Trinajstić information content (AvgIpc) is 2.62. The van der Waals surface area contributed by atoms with Crippen LogP contribution >= 0.6 is 0 Å². The molecular weight excluding hydrogens is 280 g/mol. The molecule has 4 heteroatoms. The van der Waals surface area contributed by atoms with Crippen LogP contribution in [0.4, 0.5) is 0 Å². The first-order valence-electron chi connectivity index (χ1n) is 7.18. The minimum absolute atomic E-state index is 0.691. The van der Waals surface area contributed by atoms with Crippen molar-refractivity contribution in [2.45, 2.75) is 13.8 Å². The minimum Gasteiger partial charge on any atom is -0.497 e.